The smallest absolute Gasteiger partial charge is 0.272 e. The number of aromatic hydroxyl groups is 1. The van der Waals surface area contributed by atoms with Gasteiger partial charge >= 0.3 is 0 Å². The molecule has 0 atom stereocenters. The zero-order valence-corrected chi connectivity index (χ0v) is 16.9. The lowest BCUT2D eigenvalue weighted by molar-refractivity contribution is -0.106. The topological polar surface area (TPSA) is 120 Å². The third-order valence-electron chi connectivity index (χ3n) is 4.93. The molecule has 0 unspecified atom stereocenters. The van der Waals surface area contributed by atoms with Crippen LogP contribution in [0, 0.1) is 5.82 Å². The molecule has 1 amide bonds. The number of aromatic nitrogens is 2. The van der Waals surface area contributed by atoms with Crippen LogP contribution in [0.15, 0.2) is 41.0 Å². The molecule has 1 aromatic carbocycles. The molecular weight excluding hydrogens is 421 g/mol. The summed E-state index contributed by atoms with van der Waals surface area (Å²) in [4.78, 5) is 41.3. The summed E-state index contributed by atoms with van der Waals surface area (Å²) in [6, 6.07) is 5.79. The number of methoxy groups -OCH3 is 1. The van der Waals surface area contributed by atoms with Gasteiger partial charge in [0.25, 0.3) is 11.5 Å². The Kier molecular flexibility index (Phi) is 5.69. The molecule has 164 valence electrons. The zero-order valence-electron chi connectivity index (χ0n) is 16.9. The molecule has 4 rings (SSSR count). The highest BCUT2D eigenvalue weighted by atomic mass is 19.1. The Morgan fingerprint density at radius 2 is 2.09 bits per heavy atom. The van der Waals surface area contributed by atoms with E-state index in [0.29, 0.717) is 11.8 Å². The van der Waals surface area contributed by atoms with Gasteiger partial charge in [-0.3, -0.25) is 23.9 Å². The first-order chi connectivity index (χ1) is 15.4. The third-order valence-corrected chi connectivity index (χ3v) is 4.93. The summed E-state index contributed by atoms with van der Waals surface area (Å²) < 4.78 is 24.8. The maximum Gasteiger partial charge on any atom is 0.272 e. The van der Waals surface area contributed by atoms with E-state index in [1.807, 2.05) is 0 Å². The molecule has 2 aromatic heterocycles. The third kappa shape index (κ3) is 3.71. The number of carbonyl (C=O) groups is 2. The van der Waals surface area contributed by atoms with E-state index >= 15 is 0 Å². The van der Waals surface area contributed by atoms with Crippen LogP contribution in [0.4, 0.5) is 4.39 Å². The normalized spacial score (nSPS) is 12.2. The van der Waals surface area contributed by atoms with Crippen LogP contribution >= 0.6 is 0 Å². The molecule has 0 aliphatic carbocycles. The fourth-order valence-electron chi connectivity index (χ4n) is 3.43. The van der Waals surface area contributed by atoms with E-state index < -0.39 is 22.8 Å². The van der Waals surface area contributed by atoms with E-state index in [0.717, 1.165) is 16.3 Å². The summed E-state index contributed by atoms with van der Waals surface area (Å²) in [5.41, 5.74) is -0.0359. The molecule has 0 spiro atoms. The van der Waals surface area contributed by atoms with Crippen LogP contribution in [0.3, 0.4) is 0 Å². The number of hydrogen-bond acceptors (Lipinski definition) is 7. The van der Waals surface area contributed by atoms with E-state index in [9.17, 15) is 23.9 Å². The van der Waals surface area contributed by atoms with Gasteiger partial charge in [-0.2, -0.15) is 0 Å². The minimum atomic E-state index is -0.838. The second kappa shape index (κ2) is 8.60. The number of nitrogens with zero attached hydrogens (tertiary/aromatic N) is 2. The van der Waals surface area contributed by atoms with Gasteiger partial charge in [0.2, 0.25) is 0 Å². The van der Waals surface area contributed by atoms with E-state index in [2.05, 4.69) is 10.3 Å². The molecule has 3 heterocycles. The molecule has 1 aliphatic rings. The summed E-state index contributed by atoms with van der Waals surface area (Å²) in [7, 11) is 1.46. The molecule has 3 aromatic rings. The van der Waals surface area contributed by atoms with E-state index in [1.165, 1.54) is 25.4 Å². The Morgan fingerprint density at radius 3 is 2.78 bits per heavy atom. The highest BCUT2D eigenvalue weighted by Crippen LogP contribution is 2.37. The molecular formula is C22H18FN3O6. The van der Waals surface area contributed by atoms with Crippen LogP contribution < -0.4 is 15.6 Å². The van der Waals surface area contributed by atoms with Crippen LogP contribution in [0.25, 0.3) is 17.2 Å². The van der Waals surface area contributed by atoms with Crippen molar-refractivity contribution in [2.75, 3.05) is 20.3 Å². The Labute approximate surface area is 180 Å². The summed E-state index contributed by atoms with van der Waals surface area (Å²) >= 11 is 0. The molecule has 9 nitrogen and oxygen atoms in total. The van der Waals surface area contributed by atoms with Crippen molar-refractivity contribution in [1.82, 2.24) is 14.9 Å². The molecule has 1 aliphatic heterocycles. The van der Waals surface area contributed by atoms with Crippen molar-refractivity contribution >= 4 is 29.4 Å². The molecule has 10 heteroatoms. The van der Waals surface area contributed by atoms with Crippen LogP contribution in [-0.2, 0) is 16.0 Å². The number of halogens is 1. The molecule has 0 radical (unpaired) electrons. The van der Waals surface area contributed by atoms with Crippen molar-refractivity contribution in [1.29, 1.82) is 0 Å². The zero-order chi connectivity index (χ0) is 22.8. The van der Waals surface area contributed by atoms with Crippen molar-refractivity contribution < 1.29 is 28.6 Å². The number of carbonyl (C=O) groups excluding carboxylic acids is 2. The van der Waals surface area contributed by atoms with Gasteiger partial charge < -0.3 is 19.9 Å². The monoisotopic (exact) mass is 439 g/mol. The first-order valence-corrected chi connectivity index (χ1v) is 9.60. The fraction of sp³-hybridized carbons (Fsp3) is 0.182. The first kappa shape index (κ1) is 21.2. The summed E-state index contributed by atoms with van der Waals surface area (Å²) in [5.74, 6) is -1.81. The second-order valence-corrected chi connectivity index (χ2v) is 7.01. The van der Waals surface area contributed by atoms with Gasteiger partial charge in [0.15, 0.2) is 23.5 Å². The lowest BCUT2D eigenvalue weighted by atomic mass is 10.0. The summed E-state index contributed by atoms with van der Waals surface area (Å²) in [6.45, 7) is 0.340. The number of nitrogens with one attached hydrogen (secondary N) is 1. The van der Waals surface area contributed by atoms with E-state index in [4.69, 9.17) is 9.47 Å². The van der Waals surface area contributed by atoms with Gasteiger partial charge in [0, 0.05) is 31.8 Å². The number of pyridine rings is 2. The number of amides is 1. The Balaban J connectivity index is 1.89. The highest BCUT2D eigenvalue weighted by Gasteiger charge is 2.28. The average Bonchev–Trinajstić information content (AvgIpc) is 2.79. The lowest BCUT2D eigenvalue weighted by Crippen LogP contribution is -2.34. The van der Waals surface area contributed by atoms with Crippen molar-refractivity contribution in [3.05, 3.63) is 69.1 Å². The van der Waals surface area contributed by atoms with Gasteiger partial charge in [-0.05, 0) is 17.7 Å². The Morgan fingerprint density at radius 1 is 1.34 bits per heavy atom. The SMILES string of the molecule is COCCNC(=O)c1c(O)c2ncc(Cc3ccc(F)cc3)c3c2n(c1=O)C=C(C=O)O3. The summed E-state index contributed by atoms with van der Waals surface area (Å²) in [5, 5.41) is 13.2. The molecule has 0 fully saturated rings. The number of allylic oxidation sites excluding steroid dienone is 1. The van der Waals surface area contributed by atoms with Crippen molar-refractivity contribution in [3.8, 4) is 11.5 Å². The van der Waals surface area contributed by atoms with E-state index in [-0.39, 0.29) is 47.9 Å². The minimum Gasteiger partial charge on any atom is -0.505 e. The van der Waals surface area contributed by atoms with Crippen molar-refractivity contribution in [2.24, 2.45) is 0 Å². The Bertz CT molecular complexity index is 1310. The Hall–Kier alpha value is -4.05. The maximum atomic E-state index is 13.2. The molecule has 0 bridgehead atoms. The highest BCUT2D eigenvalue weighted by molar-refractivity contribution is 6.03. The van der Waals surface area contributed by atoms with Crippen molar-refractivity contribution in [2.45, 2.75) is 6.42 Å². The predicted molar refractivity (Wildman–Crippen MR) is 112 cm³/mol. The first-order valence-electron chi connectivity index (χ1n) is 9.60. The van der Waals surface area contributed by atoms with Gasteiger partial charge in [-0.15, -0.1) is 0 Å². The number of benzene rings is 1. The fourth-order valence-corrected chi connectivity index (χ4v) is 3.43. The standard InChI is InChI=1S/C22H18FN3O6/c1-31-7-6-24-21(29)16-19(28)17-18-20(32-15(11-27)10-26(18)22(16)30)13(9-25-17)8-12-2-4-14(23)5-3-12/h2-5,9-11,28H,6-8H2,1H3,(H,24,29). The van der Waals surface area contributed by atoms with Gasteiger partial charge in [-0.25, -0.2) is 4.39 Å². The van der Waals surface area contributed by atoms with Crippen LogP contribution in [0.1, 0.15) is 21.5 Å². The number of hydrogen-bond donors (Lipinski definition) is 2. The van der Waals surface area contributed by atoms with Crippen LogP contribution in [-0.4, -0.2) is 47.1 Å². The predicted octanol–water partition coefficient (Wildman–Crippen LogP) is 1.60. The quantitative estimate of drug-likeness (QED) is 0.424. The largest absolute Gasteiger partial charge is 0.505 e. The number of ether oxygens (including phenoxy) is 2. The second-order valence-electron chi connectivity index (χ2n) is 7.01. The number of rotatable bonds is 7. The van der Waals surface area contributed by atoms with Crippen LogP contribution in [0.5, 0.6) is 11.5 Å². The van der Waals surface area contributed by atoms with Crippen LogP contribution in [0.2, 0.25) is 0 Å². The minimum absolute atomic E-state index is 0.0412. The lowest BCUT2D eigenvalue weighted by Gasteiger charge is -2.21. The maximum absolute atomic E-state index is 13.2. The molecule has 2 N–H and O–H groups in total. The summed E-state index contributed by atoms with van der Waals surface area (Å²) in [6.07, 6.45) is 3.24. The van der Waals surface area contributed by atoms with Gasteiger partial charge in [0.05, 0.1) is 12.8 Å². The van der Waals surface area contributed by atoms with E-state index in [1.54, 1.807) is 12.1 Å². The van der Waals surface area contributed by atoms with Crippen molar-refractivity contribution in [3.63, 3.8) is 0 Å². The average molecular weight is 439 g/mol. The van der Waals surface area contributed by atoms with Gasteiger partial charge in [-0.1, -0.05) is 12.1 Å². The van der Waals surface area contributed by atoms with Gasteiger partial charge in [0.1, 0.15) is 22.4 Å². The number of aldehydes is 1. The molecule has 0 saturated heterocycles. The molecule has 0 saturated carbocycles. The molecule has 32 heavy (non-hydrogen) atoms.